The Bertz CT molecular complexity index is 1140. The van der Waals surface area contributed by atoms with Crippen molar-refractivity contribution in [3.8, 4) is 17.2 Å². The number of para-hydroxylation sites is 3. The Morgan fingerprint density at radius 2 is 1.76 bits per heavy atom. The number of ether oxygens (including phenoxy) is 2. The molecule has 0 saturated heterocycles. The van der Waals surface area contributed by atoms with Crippen LogP contribution in [0, 0.1) is 0 Å². The lowest BCUT2D eigenvalue weighted by Gasteiger charge is -2.26. The van der Waals surface area contributed by atoms with Crippen molar-refractivity contribution in [2.45, 2.75) is 37.6 Å². The molecule has 0 saturated carbocycles. The molecular weight excluding hydrogens is 442 g/mol. The molecule has 1 unspecified atom stereocenters. The number of fused-ring (bicyclic) bond motifs is 1. The van der Waals surface area contributed by atoms with Gasteiger partial charge in [0, 0.05) is 11.2 Å². The molecule has 10 heteroatoms. The first kappa shape index (κ1) is 22.7. The van der Waals surface area contributed by atoms with Crippen LogP contribution in [0.15, 0.2) is 59.8 Å². The number of carbonyl (C=O) groups is 2. The summed E-state index contributed by atoms with van der Waals surface area (Å²) in [6, 6.07) is 16.5. The van der Waals surface area contributed by atoms with E-state index < -0.39 is 23.6 Å². The Hall–Kier alpha value is -3.53. The van der Waals surface area contributed by atoms with Crippen LogP contribution in [0.4, 0.5) is 4.79 Å². The second-order valence-corrected chi connectivity index (χ2v) is 9.36. The number of aromatic nitrogens is 3. The van der Waals surface area contributed by atoms with Crippen molar-refractivity contribution in [1.29, 1.82) is 0 Å². The molecule has 1 aliphatic rings. The van der Waals surface area contributed by atoms with Crippen LogP contribution in [0.3, 0.4) is 0 Å². The van der Waals surface area contributed by atoms with Crippen molar-refractivity contribution in [3.05, 3.63) is 60.4 Å². The van der Waals surface area contributed by atoms with Gasteiger partial charge in [0.1, 0.15) is 6.61 Å². The number of thioether (sulfide) groups is 1. The zero-order valence-corrected chi connectivity index (χ0v) is 19.4. The van der Waals surface area contributed by atoms with Gasteiger partial charge in [0.25, 0.3) is 0 Å². The van der Waals surface area contributed by atoms with Crippen LogP contribution in [-0.4, -0.2) is 44.6 Å². The molecule has 33 heavy (non-hydrogen) atoms. The first-order chi connectivity index (χ1) is 15.8. The van der Waals surface area contributed by atoms with Crippen LogP contribution in [0.5, 0.6) is 11.5 Å². The van der Waals surface area contributed by atoms with E-state index in [1.807, 2.05) is 79.9 Å². The molecule has 0 bridgehead atoms. The van der Waals surface area contributed by atoms with E-state index in [-0.39, 0.29) is 12.4 Å². The number of benzene rings is 2. The van der Waals surface area contributed by atoms with Gasteiger partial charge < -0.3 is 14.8 Å². The van der Waals surface area contributed by atoms with Crippen molar-refractivity contribution in [1.82, 2.24) is 25.4 Å². The normalized spacial score (nSPS) is 15.1. The van der Waals surface area contributed by atoms with Gasteiger partial charge in [0.2, 0.25) is 5.91 Å². The van der Waals surface area contributed by atoms with E-state index >= 15 is 0 Å². The molecule has 2 heterocycles. The third-order valence-electron chi connectivity index (χ3n) is 4.54. The summed E-state index contributed by atoms with van der Waals surface area (Å²) < 4.78 is 13.8. The van der Waals surface area contributed by atoms with E-state index in [0.29, 0.717) is 22.5 Å². The summed E-state index contributed by atoms with van der Waals surface area (Å²) in [4.78, 5) is 24.3. The monoisotopic (exact) mass is 467 g/mol. The summed E-state index contributed by atoms with van der Waals surface area (Å²) in [6.45, 7) is 5.79. The van der Waals surface area contributed by atoms with Crippen molar-refractivity contribution in [2.75, 3.05) is 12.4 Å². The number of hydrogen-bond acceptors (Lipinski definition) is 7. The smallest absolute Gasteiger partial charge is 0.321 e. The first-order valence-electron chi connectivity index (χ1n) is 10.4. The predicted octanol–water partition coefficient (Wildman–Crippen LogP) is 3.50. The summed E-state index contributed by atoms with van der Waals surface area (Å²) in [5.74, 6) is 1.43. The van der Waals surface area contributed by atoms with Crippen LogP contribution in [0.1, 0.15) is 32.7 Å². The van der Waals surface area contributed by atoms with Gasteiger partial charge in [-0.1, -0.05) is 42.1 Å². The Labute approximate surface area is 195 Å². The van der Waals surface area contributed by atoms with Crippen molar-refractivity contribution in [3.63, 3.8) is 0 Å². The van der Waals surface area contributed by atoms with E-state index in [2.05, 4.69) is 20.8 Å². The summed E-state index contributed by atoms with van der Waals surface area (Å²) in [5.41, 5.74) is 0.383. The maximum atomic E-state index is 12.3. The van der Waals surface area contributed by atoms with Crippen molar-refractivity contribution in [2.24, 2.45) is 0 Å². The molecule has 0 spiro atoms. The number of carbonyl (C=O) groups excluding carboxylic acids is 2. The Morgan fingerprint density at radius 3 is 2.48 bits per heavy atom. The zero-order valence-electron chi connectivity index (χ0n) is 18.6. The summed E-state index contributed by atoms with van der Waals surface area (Å²) in [5, 5.41) is 14.2. The average Bonchev–Trinajstić information content (AvgIpc) is 3.20. The second-order valence-electron chi connectivity index (χ2n) is 8.42. The molecule has 2 aromatic carbocycles. The topological polar surface area (TPSA) is 107 Å². The molecule has 0 fully saturated rings. The maximum Gasteiger partial charge on any atom is 0.321 e. The van der Waals surface area contributed by atoms with Gasteiger partial charge in [-0.05, 0) is 45.0 Å². The molecule has 2 N–H and O–H groups in total. The SMILES string of the molecule is CC(C)(C)NC(=O)NC(=O)CSc1nnc(C2COc3ccccc3O2)n1-c1ccccc1. The van der Waals surface area contributed by atoms with Gasteiger partial charge in [0.05, 0.1) is 5.75 Å². The fourth-order valence-electron chi connectivity index (χ4n) is 3.21. The molecule has 1 aliphatic heterocycles. The van der Waals surface area contributed by atoms with Gasteiger partial charge in [0.15, 0.2) is 28.6 Å². The van der Waals surface area contributed by atoms with Crippen molar-refractivity contribution < 1.29 is 19.1 Å². The van der Waals surface area contributed by atoms with Gasteiger partial charge in [-0.15, -0.1) is 10.2 Å². The third kappa shape index (κ3) is 5.64. The average molecular weight is 468 g/mol. The molecule has 1 aromatic heterocycles. The summed E-state index contributed by atoms with van der Waals surface area (Å²) in [7, 11) is 0. The van der Waals surface area contributed by atoms with E-state index in [1.165, 1.54) is 11.8 Å². The molecule has 9 nitrogen and oxygen atoms in total. The Morgan fingerprint density at radius 1 is 1.06 bits per heavy atom. The molecule has 172 valence electrons. The Balaban J connectivity index is 1.53. The standard InChI is InChI=1S/C23H25N5O4S/c1-23(2,3)25-21(30)24-19(29)14-33-22-27-26-20(28(22)15-9-5-4-6-10-15)18-13-31-16-11-7-8-12-17(16)32-18/h4-12,18H,13-14H2,1-3H3,(H2,24,25,29,30). The molecular formula is C23H25N5O4S. The fraction of sp³-hybridized carbons (Fsp3) is 0.304. The minimum Gasteiger partial charge on any atom is -0.485 e. The number of rotatable bonds is 5. The van der Waals surface area contributed by atoms with Crippen LogP contribution in [-0.2, 0) is 4.79 Å². The highest BCUT2D eigenvalue weighted by Crippen LogP contribution is 2.36. The minimum atomic E-state index is -0.537. The molecule has 0 radical (unpaired) electrons. The zero-order chi connectivity index (χ0) is 23.4. The third-order valence-corrected chi connectivity index (χ3v) is 5.47. The van der Waals surface area contributed by atoms with E-state index in [1.54, 1.807) is 0 Å². The molecule has 1 atom stereocenters. The maximum absolute atomic E-state index is 12.3. The lowest BCUT2D eigenvalue weighted by atomic mass is 10.1. The van der Waals surface area contributed by atoms with Gasteiger partial charge in [-0.3, -0.25) is 14.7 Å². The highest BCUT2D eigenvalue weighted by Gasteiger charge is 2.29. The number of imide groups is 1. The summed E-state index contributed by atoms with van der Waals surface area (Å²) in [6.07, 6.45) is -0.478. The highest BCUT2D eigenvalue weighted by atomic mass is 32.2. The van der Waals surface area contributed by atoms with Crippen LogP contribution >= 0.6 is 11.8 Å². The largest absolute Gasteiger partial charge is 0.485 e. The number of urea groups is 1. The first-order valence-corrected chi connectivity index (χ1v) is 11.4. The second kappa shape index (κ2) is 9.53. The molecule has 3 amide bonds. The van der Waals surface area contributed by atoms with Crippen molar-refractivity contribution >= 4 is 23.7 Å². The Kier molecular flexibility index (Phi) is 6.55. The fourth-order valence-corrected chi connectivity index (χ4v) is 3.97. The number of amides is 3. The van der Waals surface area contributed by atoms with Gasteiger partial charge in [-0.2, -0.15) is 0 Å². The lowest BCUT2D eigenvalue weighted by molar-refractivity contribution is -0.117. The van der Waals surface area contributed by atoms with Crippen LogP contribution in [0.25, 0.3) is 5.69 Å². The molecule has 3 aromatic rings. The van der Waals surface area contributed by atoms with E-state index in [4.69, 9.17) is 9.47 Å². The van der Waals surface area contributed by atoms with Crippen LogP contribution in [0.2, 0.25) is 0 Å². The lowest BCUT2D eigenvalue weighted by Crippen LogP contribution is -2.48. The number of hydrogen-bond donors (Lipinski definition) is 2. The number of nitrogens with one attached hydrogen (secondary N) is 2. The van der Waals surface area contributed by atoms with Gasteiger partial charge >= 0.3 is 6.03 Å². The minimum absolute atomic E-state index is 0.00656. The predicted molar refractivity (Wildman–Crippen MR) is 124 cm³/mol. The number of nitrogens with zero attached hydrogens (tertiary/aromatic N) is 3. The summed E-state index contributed by atoms with van der Waals surface area (Å²) >= 11 is 1.18. The highest BCUT2D eigenvalue weighted by molar-refractivity contribution is 7.99. The van der Waals surface area contributed by atoms with Gasteiger partial charge in [-0.25, -0.2) is 4.79 Å². The van der Waals surface area contributed by atoms with E-state index in [9.17, 15) is 9.59 Å². The quantitative estimate of drug-likeness (QED) is 0.553. The molecule has 4 rings (SSSR count). The van der Waals surface area contributed by atoms with E-state index in [0.717, 1.165) is 5.69 Å². The molecule has 0 aliphatic carbocycles. The van der Waals surface area contributed by atoms with Crippen LogP contribution < -0.4 is 20.1 Å².